The summed E-state index contributed by atoms with van der Waals surface area (Å²) in [4.78, 5) is 0. The van der Waals surface area contributed by atoms with Gasteiger partial charge in [-0.1, -0.05) is 66.7 Å². The first kappa shape index (κ1) is 11.6. The molecule has 1 heteroatoms. The van der Waals surface area contributed by atoms with Crippen LogP contribution in [-0.4, -0.2) is 11.7 Å². The maximum atomic E-state index is 8.69. The first-order chi connectivity index (χ1) is 8.40. The van der Waals surface area contributed by atoms with Crippen LogP contribution in [0.3, 0.4) is 0 Å². The highest BCUT2D eigenvalue weighted by molar-refractivity contribution is 5.65. The second kappa shape index (κ2) is 6.02. The normalized spacial score (nSPS) is 10.9. The molecular weight excluding hydrogens is 208 g/mol. The minimum Gasteiger partial charge on any atom is -0.396 e. The van der Waals surface area contributed by atoms with Crippen LogP contribution >= 0.6 is 0 Å². The van der Waals surface area contributed by atoms with Gasteiger partial charge in [0.1, 0.15) is 0 Å². The lowest BCUT2D eigenvalue weighted by Gasteiger charge is -2.01. The fourth-order valence-corrected chi connectivity index (χ4v) is 1.71. The molecule has 0 aliphatic rings. The van der Waals surface area contributed by atoms with Gasteiger partial charge in [-0.3, -0.25) is 0 Å². The van der Waals surface area contributed by atoms with E-state index in [0.717, 1.165) is 5.56 Å². The Kier molecular flexibility index (Phi) is 4.11. The van der Waals surface area contributed by atoms with Crippen molar-refractivity contribution in [3.63, 3.8) is 0 Å². The second-order valence-electron chi connectivity index (χ2n) is 3.90. The Morgan fingerprint density at radius 3 is 2.12 bits per heavy atom. The third-order valence-electron chi connectivity index (χ3n) is 2.62. The van der Waals surface area contributed by atoms with Gasteiger partial charge in [-0.05, 0) is 23.1 Å². The molecule has 0 aromatic heterocycles. The number of aliphatic hydroxyl groups excluding tert-OH is 1. The van der Waals surface area contributed by atoms with Gasteiger partial charge in [-0.25, -0.2) is 0 Å². The van der Waals surface area contributed by atoms with E-state index >= 15 is 0 Å². The van der Waals surface area contributed by atoms with Crippen molar-refractivity contribution in [1.82, 2.24) is 0 Å². The fourth-order valence-electron chi connectivity index (χ4n) is 1.71. The molecule has 0 amide bonds. The van der Waals surface area contributed by atoms with Gasteiger partial charge in [0.2, 0.25) is 0 Å². The lowest BCUT2D eigenvalue weighted by molar-refractivity contribution is 0.303. The van der Waals surface area contributed by atoms with Crippen LogP contribution in [0, 0.1) is 0 Å². The smallest absolute Gasteiger partial charge is 0.0465 e. The van der Waals surface area contributed by atoms with Crippen LogP contribution in [0.25, 0.3) is 17.2 Å². The molecule has 0 aliphatic heterocycles. The summed E-state index contributed by atoms with van der Waals surface area (Å²) in [5.74, 6) is 0. The molecule has 1 N–H and O–H groups in total. The van der Waals surface area contributed by atoms with E-state index in [1.807, 2.05) is 30.4 Å². The number of hydrogen-bond donors (Lipinski definition) is 1. The highest BCUT2D eigenvalue weighted by Crippen LogP contribution is 2.19. The maximum Gasteiger partial charge on any atom is 0.0465 e. The van der Waals surface area contributed by atoms with E-state index in [1.54, 1.807) is 0 Å². The van der Waals surface area contributed by atoms with Crippen LogP contribution in [0.4, 0.5) is 0 Å². The predicted octanol–water partition coefficient (Wildman–Crippen LogP) is 3.75. The van der Waals surface area contributed by atoms with Gasteiger partial charge >= 0.3 is 0 Å². The molecule has 0 atom stereocenters. The Bertz CT molecular complexity index is 469. The lowest BCUT2D eigenvalue weighted by Crippen LogP contribution is -1.79. The van der Waals surface area contributed by atoms with E-state index in [0.29, 0.717) is 6.42 Å². The molecule has 0 aliphatic carbocycles. The van der Waals surface area contributed by atoms with Gasteiger partial charge in [-0.2, -0.15) is 0 Å². The summed E-state index contributed by atoms with van der Waals surface area (Å²) in [6, 6.07) is 18.8. The van der Waals surface area contributed by atoms with Crippen LogP contribution < -0.4 is 0 Å². The summed E-state index contributed by atoms with van der Waals surface area (Å²) < 4.78 is 0. The van der Waals surface area contributed by atoms with E-state index in [2.05, 4.69) is 36.4 Å². The minimum atomic E-state index is 0.207. The molecule has 1 nitrogen and oxygen atoms in total. The largest absolute Gasteiger partial charge is 0.396 e. The third kappa shape index (κ3) is 3.30. The van der Waals surface area contributed by atoms with Gasteiger partial charge in [0, 0.05) is 6.61 Å². The van der Waals surface area contributed by atoms with Gasteiger partial charge in [0.25, 0.3) is 0 Å². The van der Waals surface area contributed by atoms with Crippen molar-refractivity contribution in [3.8, 4) is 11.1 Å². The van der Waals surface area contributed by atoms with Crippen molar-refractivity contribution >= 4 is 6.08 Å². The Morgan fingerprint density at radius 2 is 1.47 bits per heavy atom. The van der Waals surface area contributed by atoms with Gasteiger partial charge in [0.15, 0.2) is 0 Å². The molecule has 0 fully saturated rings. The van der Waals surface area contributed by atoms with E-state index in [4.69, 9.17) is 5.11 Å². The first-order valence-electron chi connectivity index (χ1n) is 5.83. The van der Waals surface area contributed by atoms with E-state index < -0.39 is 0 Å². The summed E-state index contributed by atoms with van der Waals surface area (Å²) in [6.07, 6.45) is 4.73. The topological polar surface area (TPSA) is 20.2 Å². The average Bonchev–Trinajstić information content (AvgIpc) is 2.41. The molecule has 0 saturated carbocycles. The molecule has 0 bridgehead atoms. The molecule has 0 spiro atoms. The quantitative estimate of drug-likeness (QED) is 0.838. The van der Waals surface area contributed by atoms with E-state index in [9.17, 15) is 0 Å². The fraction of sp³-hybridized carbons (Fsp3) is 0.125. The van der Waals surface area contributed by atoms with Gasteiger partial charge in [-0.15, -0.1) is 0 Å². The number of rotatable bonds is 4. The Labute approximate surface area is 102 Å². The second-order valence-corrected chi connectivity index (χ2v) is 3.90. The molecule has 2 aromatic carbocycles. The van der Waals surface area contributed by atoms with Crippen LogP contribution in [0.15, 0.2) is 60.7 Å². The van der Waals surface area contributed by atoms with E-state index in [1.165, 1.54) is 11.1 Å². The number of benzene rings is 2. The molecule has 0 heterocycles. The number of aliphatic hydroxyl groups is 1. The number of hydrogen-bond acceptors (Lipinski definition) is 1. The van der Waals surface area contributed by atoms with Crippen LogP contribution in [-0.2, 0) is 0 Å². The lowest BCUT2D eigenvalue weighted by atomic mass is 10.0. The highest BCUT2D eigenvalue weighted by Gasteiger charge is 1.95. The SMILES string of the molecule is OCC/C=C\c1ccc(-c2ccccc2)cc1. The standard InChI is InChI=1S/C16H16O/c17-13-5-4-6-14-9-11-16(12-10-14)15-7-2-1-3-8-15/h1-4,6-12,17H,5,13H2/b6-4-. The Hall–Kier alpha value is -1.86. The van der Waals surface area contributed by atoms with Crippen LogP contribution in [0.5, 0.6) is 0 Å². The molecule has 86 valence electrons. The summed E-state index contributed by atoms with van der Waals surface area (Å²) >= 11 is 0. The van der Waals surface area contributed by atoms with Crippen molar-refractivity contribution < 1.29 is 5.11 Å². The van der Waals surface area contributed by atoms with E-state index in [-0.39, 0.29) is 6.61 Å². The highest BCUT2D eigenvalue weighted by atomic mass is 16.2. The summed E-state index contributed by atoms with van der Waals surface area (Å²) in [5.41, 5.74) is 3.63. The minimum absolute atomic E-state index is 0.207. The zero-order valence-electron chi connectivity index (χ0n) is 9.71. The molecule has 0 saturated heterocycles. The van der Waals surface area contributed by atoms with Crippen molar-refractivity contribution in [2.45, 2.75) is 6.42 Å². The van der Waals surface area contributed by atoms with Crippen molar-refractivity contribution in [1.29, 1.82) is 0 Å². The average molecular weight is 224 g/mol. The van der Waals surface area contributed by atoms with Crippen LogP contribution in [0.2, 0.25) is 0 Å². The predicted molar refractivity (Wildman–Crippen MR) is 72.6 cm³/mol. The molecule has 0 unspecified atom stereocenters. The zero-order valence-corrected chi connectivity index (χ0v) is 9.71. The summed E-state index contributed by atoms with van der Waals surface area (Å²) in [7, 11) is 0. The molecule has 17 heavy (non-hydrogen) atoms. The summed E-state index contributed by atoms with van der Waals surface area (Å²) in [5, 5.41) is 8.69. The first-order valence-corrected chi connectivity index (χ1v) is 5.83. The zero-order chi connectivity index (χ0) is 11.9. The molecule has 2 rings (SSSR count). The van der Waals surface area contributed by atoms with Gasteiger partial charge in [0.05, 0.1) is 0 Å². The van der Waals surface area contributed by atoms with Crippen LogP contribution in [0.1, 0.15) is 12.0 Å². The van der Waals surface area contributed by atoms with Gasteiger partial charge < -0.3 is 5.11 Å². The summed E-state index contributed by atoms with van der Waals surface area (Å²) in [6.45, 7) is 0.207. The van der Waals surface area contributed by atoms with Crippen molar-refractivity contribution in [2.75, 3.05) is 6.61 Å². The molecule has 0 radical (unpaired) electrons. The molecular formula is C16H16O. The monoisotopic (exact) mass is 224 g/mol. The Morgan fingerprint density at radius 1 is 0.824 bits per heavy atom. The third-order valence-corrected chi connectivity index (χ3v) is 2.62. The van der Waals surface area contributed by atoms with Crippen molar-refractivity contribution in [3.05, 3.63) is 66.2 Å². The maximum absolute atomic E-state index is 8.69. The van der Waals surface area contributed by atoms with Crippen molar-refractivity contribution in [2.24, 2.45) is 0 Å². The Balaban J connectivity index is 2.13. The molecule has 2 aromatic rings.